The van der Waals surface area contributed by atoms with Gasteiger partial charge in [-0.15, -0.1) is 0 Å². The van der Waals surface area contributed by atoms with Gasteiger partial charge in [0, 0.05) is 6.04 Å². The lowest BCUT2D eigenvalue weighted by molar-refractivity contribution is 0.566. The number of rotatable bonds is 5. The van der Waals surface area contributed by atoms with Crippen LogP contribution >= 0.6 is 23.2 Å². The van der Waals surface area contributed by atoms with Gasteiger partial charge in [0.1, 0.15) is 5.02 Å². The lowest BCUT2D eigenvalue weighted by Gasteiger charge is -2.20. The Hall–Kier alpha value is -2.19. The zero-order chi connectivity index (χ0) is 22.2. The maximum absolute atomic E-state index is 12.9. The molecule has 1 heterocycles. The molecule has 0 bridgehead atoms. The third kappa shape index (κ3) is 4.55. The van der Waals surface area contributed by atoms with Gasteiger partial charge in [0.05, 0.1) is 21.8 Å². The van der Waals surface area contributed by atoms with Gasteiger partial charge >= 0.3 is 0 Å². The van der Waals surface area contributed by atoms with Gasteiger partial charge in [0.25, 0.3) is 5.56 Å². The Morgan fingerprint density at radius 2 is 1.71 bits per heavy atom. The fourth-order valence-electron chi connectivity index (χ4n) is 3.75. The summed E-state index contributed by atoms with van der Waals surface area (Å²) in [6.45, 7) is 1.83. The molecule has 1 unspecified atom stereocenters. The zero-order valence-electron chi connectivity index (χ0n) is 16.8. The summed E-state index contributed by atoms with van der Waals surface area (Å²) in [5.74, 6) is 0. The van der Waals surface area contributed by atoms with Crippen LogP contribution in [0.5, 0.6) is 0 Å². The van der Waals surface area contributed by atoms with Crippen LogP contribution in [0.25, 0.3) is 5.69 Å². The number of halogens is 2. The number of nitrogens with zero attached hydrogens (tertiary/aromatic N) is 2. The molecular formula is C22H21Cl2N3O3S. The summed E-state index contributed by atoms with van der Waals surface area (Å²) in [5, 5.41) is 3.86. The number of aryl methyl sites for hydroxylation is 2. The first kappa shape index (κ1) is 22.0. The predicted molar refractivity (Wildman–Crippen MR) is 122 cm³/mol. The average molecular weight is 478 g/mol. The highest BCUT2D eigenvalue weighted by atomic mass is 35.5. The predicted octanol–water partition coefficient (Wildman–Crippen LogP) is 4.46. The van der Waals surface area contributed by atoms with Gasteiger partial charge in [-0.25, -0.2) is 13.1 Å². The Labute approximate surface area is 190 Å². The Balaban J connectivity index is 1.55. The second-order valence-electron chi connectivity index (χ2n) is 7.60. The number of nitrogens with one attached hydrogen (secondary N) is 1. The molecule has 1 aliphatic carbocycles. The van der Waals surface area contributed by atoms with E-state index in [4.69, 9.17) is 23.2 Å². The SMILES string of the molecule is CC(NS(=O)(=O)c1ccc(-n2ncc(Cl)c(Cl)c2=O)cc1)c1ccc2c(c1)CCCC2. The second kappa shape index (κ2) is 8.74. The lowest BCUT2D eigenvalue weighted by Crippen LogP contribution is -2.27. The highest BCUT2D eigenvalue weighted by Gasteiger charge is 2.20. The Morgan fingerprint density at radius 3 is 2.42 bits per heavy atom. The number of hydrogen-bond donors (Lipinski definition) is 1. The molecule has 31 heavy (non-hydrogen) atoms. The van der Waals surface area contributed by atoms with E-state index in [1.807, 2.05) is 13.0 Å². The molecule has 4 rings (SSSR count). The molecule has 1 aliphatic rings. The van der Waals surface area contributed by atoms with Crippen LogP contribution in [0.3, 0.4) is 0 Å². The van der Waals surface area contributed by atoms with Gasteiger partial charge in [0.15, 0.2) is 0 Å². The van der Waals surface area contributed by atoms with Crippen LogP contribution < -0.4 is 10.3 Å². The minimum atomic E-state index is -3.76. The van der Waals surface area contributed by atoms with Gasteiger partial charge in [-0.3, -0.25) is 4.79 Å². The summed E-state index contributed by atoms with van der Waals surface area (Å²) in [4.78, 5) is 12.3. The molecule has 0 amide bonds. The van der Waals surface area contributed by atoms with Gasteiger partial charge in [0.2, 0.25) is 10.0 Å². The summed E-state index contributed by atoms with van der Waals surface area (Å²) < 4.78 is 29.6. The molecule has 0 saturated carbocycles. The Morgan fingerprint density at radius 1 is 1.03 bits per heavy atom. The first-order chi connectivity index (χ1) is 14.8. The smallest absolute Gasteiger partial charge is 0.266 e. The number of hydrogen-bond acceptors (Lipinski definition) is 4. The summed E-state index contributed by atoms with van der Waals surface area (Å²) in [6.07, 6.45) is 5.75. The molecule has 9 heteroatoms. The molecule has 0 radical (unpaired) electrons. The van der Waals surface area contributed by atoms with Crippen molar-refractivity contribution in [3.63, 3.8) is 0 Å². The molecule has 6 nitrogen and oxygen atoms in total. The Kier molecular flexibility index (Phi) is 6.21. The summed E-state index contributed by atoms with van der Waals surface area (Å²) in [6, 6.07) is 11.7. The molecule has 0 saturated heterocycles. The molecule has 1 N–H and O–H groups in total. The van der Waals surface area contributed by atoms with Gasteiger partial charge in [-0.05, 0) is 73.6 Å². The first-order valence-electron chi connectivity index (χ1n) is 9.94. The normalized spacial score (nSPS) is 14.8. The quantitative estimate of drug-likeness (QED) is 0.587. The molecule has 3 aromatic rings. The van der Waals surface area contributed by atoms with Gasteiger partial charge in [-0.2, -0.15) is 9.78 Å². The van der Waals surface area contributed by atoms with E-state index in [2.05, 4.69) is 22.0 Å². The van der Waals surface area contributed by atoms with Crippen LogP contribution in [0, 0.1) is 0 Å². The Bertz CT molecular complexity index is 1290. The van der Waals surface area contributed by atoms with Gasteiger partial charge in [-0.1, -0.05) is 41.4 Å². The molecule has 2 aromatic carbocycles. The molecule has 0 fully saturated rings. The standard InChI is InChI=1S/C22H21Cl2N3O3S/c1-14(16-7-6-15-4-2-3-5-17(15)12-16)26-31(29,30)19-10-8-18(9-11-19)27-22(28)21(24)20(23)13-25-27/h6-14,26H,2-5H2,1H3. The number of benzene rings is 2. The van der Waals surface area contributed by atoms with Crippen LogP contribution in [0.2, 0.25) is 10.0 Å². The van der Waals surface area contributed by atoms with Gasteiger partial charge < -0.3 is 0 Å². The molecule has 0 aliphatic heterocycles. The molecule has 1 aromatic heterocycles. The van der Waals surface area contributed by atoms with E-state index in [0.717, 1.165) is 23.1 Å². The summed E-state index contributed by atoms with van der Waals surface area (Å²) >= 11 is 11.7. The van der Waals surface area contributed by atoms with Crippen molar-refractivity contribution in [1.82, 2.24) is 14.5 Å². The van der Waals surface area contributed by atoms with E-state index < -0.39 is 15.6 Å². The maximum atomic E-state index is 12.9. The third-order valence-corrected chi connectivity index (χ3v) is 7.78. The van der Waals surface area contributed by atoms with E-state index >= 15 is 0 Å². The summed E-state index contributed by atoms with van der Waals surface area (Å²) in [7, 11) is -3.76. The minimum absolute atomic E-state index is 0.0579. The molecule has 162 valence electrons. The lowest BCUT2D eigenvalue weighted by atomic mass is 9.89. The number of sulfonamides is 1. The van der Waals surface area contributed by atoms with E-state index in [1.165, 1.54) is 54.4 Å². The first-order valence-corrected chi connectivity index (χ1v) is 12.2. The van der Waals surface area contributed by atoms with E-state index in [1.54, 1.807) is 0 Å². The highest BCUT2D eigenvalue weighted by Crippen LogP contribution is 2.26. The number of aromatic nitrogens is 2. The van der Waals surface area contributed by atoms with Crippen LogP contribution in [-0.2, 0) is 22.9 Å². The van der Waals surface area contributed by atoms with Crippen molar-refractivity contribution in [1.29, 1.82) is 0 Å². The van der Waals surface area contributed by atoms with Crippen molar-refractivity contribution in [2.24, 2.45) is 0 Å². The molecule has 0 spiro atoms. The maximum Gasteiger partial charge on any atom is 0.291 e. The fourth-order valence-corrected chi connectivity index (χ4v) is 5.24. The summed E-state index contributed by atoms with van der Waals surface area (Å²) in [5.41, 5.74) is 3.40. The monoisotopic (exact) mass is 477 g/mol. The van der Waals surface area contributed by atoms with Crippen LogP contribution in [0.15, 0.2) is 58.4 Å². The molecule has 1 atom stereocenters. The van der Waals surface area contributed by atoms with Crippen LogP contribution in [-0.4, -0.2) is 18.2 Å². The largest absolute Gasteiger partial charge is 0.291 e. The van der Waals surface area contributed by atoms with Crippen molar-refractivity contribution >= 4 is 33.2 Å². The number of fused-ring (bicyclic) bond motifs is 1. The van der Waals surface area contributed by atoms with Crippen molar-refractivity contribution in [3.8, 4) is 5.69 Å². The zero-order valence-corrected chi connectivity index (χ0v) is 19.1. The van der Waals surface area contributed by atoms with Crippen LogP contribution in [0.4, 0.5) is 0 Å². The van der Waals surface area contributed by atoms with Crippen LogP contribution in [0.1, 0.15) is 42.5 Å². The van der Waals surface area contributed by atoms with Crippen molar-refractivity contribution in [2.45, 2.75) is 43.5 Å². The topological polar surface area (TPSA) is 81.1 Å². The fraction of sp³-hybridized carbons (Fsp3) is 0.273. The van der Waals surface area contributed by atoms with Crippen molar-refractivity contribution < 1.29 is 8.42 Å². The molecular weight excluding hydrogens is 457 g/mol. The van der Waals surface area contributed by atoms with E-state index in [9.17, 15) is 13.2 Å². The van der Waals surface area contributed by atoms with E-state index in [0.29, 0.717) is 5.69 Å². The minimum Gasteiger partial charge on any atom is -0.266 e. The van der Waals surface area contributed by atoms with Crippen molar-refractivity contribution in [3.05, 3.63) is 85.8 Å². The van der Waals surface area contributed by atoms with E-state index in [-0.39, 0.29) is 21.0 Å². The average Bonchev–Trinajstić information content (AvgIpc) is 2.77. The third-order valence-electron chi connectivity index (χ3n) is 5.47. The van der Waals surface area contributed by atoms with Crippen molar-refractivity contribution in [2.75, 3.05) is 0 Å². The second-order valence-corrected chi connectivity index (χ2v) is 10.1. The highest BCUT2D eigenvalue weighted by molar-refractivity contribution is 7.89.